The van der Waals surface area contributed by atoms with Crippen LogP contribution in [-0.2, 0) is 6.42 Å². The zero-order valence-corrected chi connectivity index (χ0v) is 5.98. The number of hydrogen-bond donors (Lipinski definition) is 1. The van der Waals surface area contributed by atoms with E-state index in [4.69, 9.17) is 0 Å². The Morgan fingerprint density at radius 2 is 2.56 bits per heavy atom. The highest BCUT2D eigenvalue weighted by atomic mass is 32.2. The molecule has 0 radical (unpaired) electrons. The Bertz CT molecular complexity index is 150. The minimum Gasteiger partial charge on any atom is -0.243 e. The Labute approximate surface area is 57.4 Å². The lowest BCUT2D eigenvalue weighted by atomic mass is 10.5. The van der Waals surface area contributed by atoms with Gasteiger partial charge in [0, 0.05) is 12.2 Å². The summed E-state index contributed by atoms with van der Waals surface area (Å²) in [6.07, 6.45) is 2.98. The molecule has 0 bridgehead atoms. The molecule has 50 valence electrons. The number of aromatic nitrogens is 4. The predicted octanol–water partition coefficient (Wildman–Crippen LogP) is 0.105. The Balaban J connectivity index is 2.30. The lowest BCUT2D eigenvalue weighted by molar-refractivity contribution is 0.881. The largest absolute Gasteiger partial charge is 0.243 e. The summed E-state index contributed by atoms with van der Waals surface area (Å²) in [5, 5.41) is 13.3. The fraction of sp³-hybridized carbons (Fsp3) is 0.750. The summed E-state index contributed by atoms with van der Waals surface area (Å²) >= 11 is 1.78. The smallest absolute Gasteiger partial charge is 0.149 e. The van der Waals surface area contributed by atoms with Crippen LogP contribution in [-0.4, -0.2) is 32.6 Å². The van der Waals surface area contributed by atoms with Gasteiger partial charge in [-0.1, -0.05) is 0 Å². The Hall–Kier alpha value is -0.580. The van der Waals surface area contributed by atoms with Crippen LogP contribution in [0.5, 0.6) is 0 Å². The fourth-order valence-electron chi connectivity index (χ4n) is 0.483. The molecule has 4 nitrogen and oxygen atoms in total. The van der Waals surface area contributed by atoms with E-state index in [0.717, 1.165) is 18.0 Å². The Kier molecular flexibility index (Phi) is 2.50. The molecular formula is C4H8N4S. The minimum absolute atomic E-state index is 0.865. The summed E-state index contributed by atoms with van der Waals surface area (Å²) in [7, 11) is 0. The first-order valence-corrected chi connectivity index (χ1v) is 4.04. The van der Waals surface area contributed by atoms with Gasteiger partial charge >= 0.3 is 0 Å². The Morgan fingerprint density at radius 3 is 3.11 bits per heavy atom. The van der Waals surface area contributed by atoms with Crippen LogP contribution >= 0.6 is 11.8 Å². The molecule has 0 aliphatic heterocycles. The lowest BCUT2D eigenvalue weighted by Crippen LogP contribution is -1.90. The van der Waals surface area contributed by atoms with Crippen LogP contribution in [0.4, 0.5) is 0 Å². The van der Waals surface area contributed by atoms with Crippen LogP contribution in [0.25, 0.3) is 0 Å². The zero-order valence-electron chi connectivity index (χ0n) is 5.16. The number of tetrazole rings is 1. The Morgan fingerprint density at radius 1 is 1.67 bits per heavy atom. The van der Waals surface area contributed by atoms with Gasteiger partial charge in [-0.2, -0.15) is 11.8 Å². The van der Waals surface area contributed by atoms with Crippen molar-refractivity contribution < 1.29 is 0 Å². The van der Waals surface area contributed by atoms with Crippen molar-refractivity contribution in [1.82, 2.24) is 20.6 Å². The number of aromatic amines is 1. The molecule has 0 amide bonds. The van der Waals surface area contributed by atoms with E-state index >= 15 is 0 Å². The van der Waals surface area contributed by atoms with E-state index in [2.05, 4.69) is 26.9 Å². The number of H-pyrrole nitrogens is 1. The van der Waals surface area contributed by atoms with Gasteiger partial charge in [-0.3, -0.25) is 0 Å². The van der Waals surface area contributed by atoms with Gasteiger partial charge in [-0.25, -0.2) is 5.10 Å². The van der Waals surface area contributed by atoms with Gasteiger partial charge in [0.2, 0.25) is 0 Å². The first-order chi connectivity index (χ1) is 4.43. The molecule has 0 atom stereocenters. The van der Waals surface area contributed by atoms with E-state index in [0.29, 0.717) is 0 Å². The molecular weight excluding hydrogens is 136 g/mol. The van der Waals surface area contributed by atoms with Crippen molar-refractivity contribution in [2.24, 2.45) is 0 Å². The summed E-state index contributed by atoms with van der Waals surface area (Å²) in [5.74, 6) is 1.93. The molecule has 0 spiro atoms. The average Bonchev–Trinajstić information content (AvgIpc) is 2.34. The highest BCUT2D eigenvalue weighted by molar-refractivity contribution is 7.98. The van der Waals surface area contributed by atoms with E-state index in [9.17, 15) is 0 Å². The van der Waals surface area contributed by atoms with Crippen molar-refractivity contribution in [1.29, 1.82) is 0 Å². The monoisotopic (exact) mass is 144 g/mol. The number of nitrogens with one attached hydrogen (secondary N) is 1. The summed E-state index contributed by atoms with van der Waals surface area (Å²) in [6.45, 7) is 0. The van der Waals surface area contributed by atoms with Crippen molar-refractivity contribution in [3.05, 3.63) is 5.82 Å². The van der Waals surface area contributed by atoms with Crippen LogP contribution in [0, 0.1) is 0 Å². The highest BCUT2D eigenvalue weighted by Gasteiger charge is 1.93. The maximum Gasteiger partial charge on any atom is 0.149 e. The second-order valence-corrected chi connectivity index (χ2v) is 2.58. The van der Waals surface area contributed by atoms with E-state index in [1.807, 2.05) is 0 Å². The second-order valence-electron chi connectivity index (χ2n) is 1.59. The molecule has 0 saturated carbocycles. The number of thioether (sulfide) groups is 1. The number of nitrogens with zero attached hydrogens (tertiary/aromatic N) is 3. The summed E-state index contributed by atoms with van der Waals surface area (Å²) in [5.41, 5.74) is 0. The van der Waals surface area contributed by atoms with Gasteiger partial charge in [0.25, 0.3) is 0 Å². The van der Waals surface area contributed by atoms with E-state index in [1.165, 1.54) is 0 Å². The standard InChI is InChI=1S/C4H8N4S/c1-9-3-2-4-5-7-8-6-4/h2-3H2,1H3,(H,5,6,7,8). The van der Waals surface area contributed by atoms with Crippen molar-refractivity contribution in [3.8, 4) is 0 Å². The van der Waals surface area contributed by atoms with Crippen molar-refractivity contribution >= 4 is 11.8 Å². The average molecular weight is 144 g/mol. The molecule has 9 heavy (non-hydrogen) atoms. The maximum atomic E-state index is 3.72. The highest BCUT2D eigenvalue weighted by Crippen LogP contribution is 1.95. The van der Waals surface area contributed by atoms with Crippen molar-refractivity contribution in [3.63, 3.8) is 0 Å². The molecule has 1 aromatic rings. The van der Waals surface area contributed by atoms with Crippen LogP contribution in [0.15, 0.2) is 0 Å². The van der Waals surface area contributed by atoms with Gasteiger partial charge in [-0.05, 0) is 16.7 Å². The van der Waals surface area contributed by atoms with E-state index in [-0.39, 0.29) is 0 Å². The molecule has 0 unspecified atom stereocenters. The molecule has 1 rings (SSSR count). The van der Waals surface area contributed by atoms with Crippen molar-refractivity contribution in [2.45, 2.75) is 6.42 Å². The quantitative estimate of drug-likeness (QED) is 0.654. The molecule has 0 fully saturated rings. The first kappa shape index (κ1) is 6.54. The lowest BCUT2D eigenvalue weighted by Gasteiger charge is -1.87. The molecule has 0 aliphatic carbocycles. The van der Waals surface area contributed by atoms with Gasteiger partial charge < -0.3 is 0 Å². The van der Waals surface area contributed by atoms with Crippen LogP contribution < -0.4 is 0 Å². The molecule has 0 saturated heterocycles. The van der Waals surface area contributed by atoms with Gasteiger partial charge in [0.1, 0.15) is 5.82 Å². The molecule has 1 heterocycles. The molecule has 1 aromatic heterocycles. The van der Waals surface area contributed by atoms with Crippen LogP contribution in [0.1, 0.15) is 5.82 Å². The topological polar surface area (TPSA) is 54.5 Å². The predicted molar refractivity (Wildman–Crippen MR) is 36.3 cm³/mol. The normalized spacial score (nSPS) is 9.89. The van der Waals surface area contributed by atoms with Gasteiger partial charge in [0.15, 0.2) is 0 Å². The number of aryl methyl sites for hydroxylation is 1. The molecule has 5 heteroatoms. The van der Waals surface area contributed by atoms with Crippen molar-refractivity contribution in [2.75, 3.05) is 12.0 Å². The maximum absolute atomic E-state index is 3.72. The van der Waals surface area contributed by atoms with Gasteiger partial charge in [0.05, 0.1) is 0 Å². The van der Waals surface area contributed by atoms with E-state index in [1.54, 1.807) is 11.8 Å². The summed E-state index contributed by atoms with van der Waals surface area (Å²) in [6, 6.07) is 0. The molecule has 0 aromatic carbocycles. The summed E-state index contributed by atoms with van der Waals surface area (Å²) in [4.78, 5) is 0. The third-order valence-corrected chi connectivity index (χ3v) is 1.54. The molecule has 0 aliphatic rings. The first-order valence-electron chi connectivity index (χ1n) is 2.65. The van der Waals surface area contributed by atoms with Crippen LogP contribution in [0.3, 0.4) is 0 Å². The SMILES string of the molecule is CSCCc1nnn[nH]1. The second kappa shape index (κ2) is 3.45. The minimum atomic E-state index is 0.865. The summed E-state index contributed by atoms with van der Waals surface area (Å²) < 4.78 is 0. The van der Waals surface area contributed by atoms with Gasteiger partial charge in [-0.15, -0.1) is 5.10 Å². The number of rotatable bonds is 3. The fourth-order valence-corrected chi connectivity index (χ4v) is 0.881. The third kappa shape index (κ3) is 2.01. The third-order valence-electron chi connectivity index (χ3n) is 0.932. The zero-order chi connectivity index (χ0) is 6.53. The number of hydrogen-bond acceptors (Lipinski definition) is 4. The van der Waals surface area contributed by atoms with Crippen LogP contribution in [0.2, 0.25) is 0 Å². The van der Waals surface area contributed by atoms with E-state index < -0.39 is 0 Å². The molecule has 1 N–H and O–H groups in total.